The van der Waals surface area contributed by atoms with Crippen molar-refractivity contribution in [1.82, 2.24) is 4.98 Å². The van der Waals surface area contributed by atoms with E-state index in [0.717, 1.165) is 5.56 Å². The van der Waals surface area contributed by atoms with Gasteiger partial charge in [-0.15, -0.1) is 0 Å². The fourth-order valence-electron chi connectivity index (χ4n) is 1.21. The number of aromatic nitrogens is 1. The third kappa shape index (κ3) is 2.53. The molecule has 0 aromatic carbocycles. The van der Waals surface area contributed by atoms with Gasteiger partial charge >= 0.3 is 5.97 Å². The van der Waals surface area contributed by atoms with Crippen LogP contribution < -0.4 is 5.73 Å². The third-order valence-electron chi connectivity index (χ3n) is 1.92. The summed E-state index contributed by atoms with van der Waals surface area (Å²) < 4.78 is 4.91. The topological polar surface area (TPSA) is 65.2 Å². The van der Waals surface area contributed by atoms with Crippen molar-refractivity contribution in [1.29, 1.82) is 0 Å². The predicted octanol–water partition coefficient (Wildman–Crippen LogP) is 0.687. The molecule has 1 rings (SSSR count). The van der Waals surface area contributed by atoms with Crippen molar-refractivity contribution in [2.24, 2.45) is 5.73 Å². The van der Waals surface area contributed by atoms with E-state index in [1.165, 1.54) is 0 Å². The van der Waals surface area contributed by atoms with Crippen LogP contribution in [0.2, 0.25) is 0 Å². The maximum Gasteiger partial charge on any atom is 0.314 e. The number of carbonyl (C=O) groups excluding carboxylic acids is 1. The van der Waals surface area contributed by atoms with Crippen LogP contribution in [0.1, 0.15) is 18.4 Å². The van der Waals surface area contributed by atoms with E-state index in [0.29, 0.717) is 6.61 Å². The van der Waals surface area contributed by atoms with Gasteiger partial charge in [-0.3, -0.25) is 9.78 Å². The normalized spacial score (nSPS) is 12.1. The molecule has 2 N–H and O–H groups in total. The molecule has 0 amide bonds. The van der Waals surface area contributed by atoms with Gasteiger partial charge in [-0.05, 0) is 24.6 Å². The van der Waals surface area contributed by atoms with Crippen LogP contribution >= 0.6 is 0 Å². The fourth-order valence-corrected chi connectivity index (χ4v) is 1.21. The van der Waals surface area contributed by atoms with Crippen molar-refractivity contribution in [2.45, 2.75) is 12.8 Å². The molecule has 0 aliphatic rings. The highest BCUT2D eigenvalue weighted by atomic mass is 16.5. The summed E-state index contributed by atoms with van der Waals surface area (Å²) >= 11 is 0. The van der Waals surface area contributed by atoms with Gasteiger partial charge in [-0.1, -0.05) is 0 Å². The van der Waals surface area contributed by atoms with Gasteiger partial charge in [0.15, 0.2) is 0 Å². The molecule has 14 heavy (non-hydrogen) atoms. The van der Waals surface area contributed by atoms with Crippen LogP contribution in [0.4, 0.5) is 0 Å². The fraction of sp³-hybridized carbons (Fsp3) is 0.400. The van der Waals surface area contributed by atoms with Crippen molar-refractivity contribution >= 4 is 5.97 Å². The maximum atomic E-state index is 11.5. The standard InChI is InChI=1S/C10H14N2O2/c1-2-14-10(13)9(7-11)8-3-5-12-6-4-8/h3-6,9H,2,7,11H2,1H3. The molecule has 4 nitrogen and oxygen atoms in total. The van der Waals surface area contributed by atoms with Crippen LogP contribution in [0.25, 0.3) is 0 Å². The number of esters is 1. The number of nitrogens with zero attached hydrogens (tertiary/aromatic N) is 1. The van der Waals surface area contributed by atoms with Crippen molar-refractivity contribution in [3.63, 3.8) is 0 Å². The Kier molecular flexibility index (Phi) is 4.07. The van der Waals surface area contributed by atoms with Gasteiger partial charge in [0.2, 0.25) is 0 Å². The number of nitrogens with two attached hydrogens (primary N) is 1. The molecule has 1 aromatic heterocycles. The lowest BCUT2D eigenvalue weighted by Gasteiger charge is -2.12. The summed E-state index contributed by atoms with van der Waals surface area (Å²) in [5.74, 6) is -0.654. The van der Waals surface area contributed by atoms with E-state index < -0.39 is 0 Å². The van der Waals surface area contributed by atoms with E-state index >= 15 is 0 Å². The van der Waals surface area contributed by atoms with E-state index in [4.69, 9.17) is 10.5 Å². The van der Waals surface area contributed by atoms with Gasteiger partial charge in [0.1, 0.15) is 0 Å². The molecule has 1 heterocycles. The Morgan fingerprint density at radius 2 is 2.21 bits per heavy atom. The average Bonchev–Trinajstić information content (AvgIpc) is 2.21. The van der Waals surface area contributed by atoms with E-state index in [9.17, 15) is 4.79 Å². The van der Waals surface area contributed by atoms with E-state index in [-0.39, 0.29) is 18.4 Å². The van der Waals surface area contributed by atoms with Gasteiger partial charge in [0.25, 0.3) is 0 Å². The van der Waals surface area contributed by atoms with Crippen molar-refractivity contribution < 1.29 is 9.53 Å². The number of hydrogen-bond donors (Lipinski definition) is 1. The summed E-state index contributed by atoms with van der Waals surface area (Å²) in [4.78, 5) is 15.3. The Labute approximate surface area is 83.1 Å². The molecule has 0 bridgehead atoms. The molecule has 4 heteroatoms. The summed E-state index contributed by atoms with van der Waals surface area (Å²) in [6.45, 7) is 2.40. The van der Waals surface area contributed by atoms with Crippen molar-refractivity contribution in [3.8, 4) is 0 Å². The smallest absolute Gasteiger partial charge is 0.314 e. The lowest BCUT2D eigenvalue weighted by Crippen LogP contribution is -2.23. The highest BCUT2D eigenvalue weighted by Crippen LogP contribution is 2.14. The molecule has 0 fully saturated rings. The van der Waals surface area contributed by atoms with E-state index in [1.807, 2.05) is 0 Å². The third-order valence-corrected chi connectivity index (χ3v) is 1.92. The molecule has 0 saturated carbocycles. The summed E-state index contributed by atoms with van der Waals surface area (Å²) in [6.07, 6.45) is 3.27. The van der Waals surface area contributed by atoms with E-state index in [2.05, 4.69) is 4.98 Å². The number of ether oxygens (including phenoxy) is 1. The Balaban J connectivity index is 2.77. The molecule has 0 saturated heterocycles. The van der Waals surface area contributed by atoms with Gasteiger partial charge < -0.3 is 10.5 Å². The highest BCUT2D eigenvalue weighted by molar-refractivity contribution is 5.78. The Bertz CT molecular complexity index is 287. The highest BCUT2D eigenvalue weighted by Gasteiger charge is 2.19. The molecule has 1 aromatic rings. The largest absolute Gasteiger partial charge is 0.465 e. The second-order valence-electron chi connectivity index (χ2n) is 2.82. The van der Waals surface area contributed by atoms with Crippen LogP contribution in [0.15, 0.2) is 24.5 Å². The number of rotatable bonds is 4. The van der Waals surface area contributed by atoms with Gasteiger partial charge in [-0.2, -0.15) is 0 Å². The SMILES string of the molecule is CCOC(=O)C(CN)c1ccncc1. The summed E-state index contributed by atoms with van der Waals surface area (Å²) in [5.41, 5.74) is 6.36. The average molecular weight is 194 g/mol. The number of pyridine rings is 1. The zero-order valence-electron chi connectivity index (χ0n) is 8.14. The van der Waals surface area contributed by atoms with Crippen LogP contribution in [0, 0.1) is 0 Å². The summed E-state index contributed by atoms with van der Waals surface area (Å²) in [6, 6.07) is 3.54. The first-order chi connectivity index (χ1) is 6.79. The minimum Gasteiger partial charge on any atom is -0.465 e. The van der Waals surface area contributed by atoms with Crippen LogP contribution in [-0.4, -0.2) is 24.1 Å². The first kappa shape index (κ1) is 10.7. The summed E-state index contributed by atoms with van der Waals surface area (Å²) in [5, 5.41) is 0. The van der Waals surface area contributed by atoms with Crippen LogP contribution in [0.3, 0.4) is 0 Å². The molecule has 0 aliphatic heterocycles. The molecule has 1 unspecified atom stereocenters. The van der Waals surface area contributed by atoms with Gasteiger partial charge in [0.05, 0.1) is 12.5 Å². The van der Waals surface area contributed by atoms with Crippen molar-refractivity contribution in [3.05, 3.63) is 30.1 Å². The lowest BCUT2D eigenvalue weighted by atomic mass is 10.0. The molecule has 0 spiro atoms. The van der Waals surface area contributed by atoms with Gasteiger partial charge in [-0.25, -0.2) is 0 Å². The van der Waals surface area contributed by atoms with Crippen LogP contribution in [-0.2, 0) is 9.53 Å². The second-order valence-corrected chi connectivity index (χ2v) is 2.82. The Morgan fingerprint density at radius 3 is 2.71 bits per heavy atom. The zero-order chi connectivity index (χ0) is 10.4. The molecule has 1 atom stereocenters. The molecular weight excluding hydrogens is 180 g/mol. The first-order valence-electron chi connectivity index (χ1n) is 4.56. The minimum absolute atomic E-state index is 0.253. The molecule has 0 aliphatic carbocycles. The monoisotopic (exact) mass is 194 g/mol. The van der Waals surface area contributed by atoms with E-state index in [1.54, 1.807) is 31.5 Å². The zero-order valence-corrected chi connectivity index (χ0v) is 8.14. The number of carbonyl (C=O) groups is 1. The minimum atomic E-state index is -0.377. The van der Waals surface area contributed by atoms with Gasteiger partial charge in [0, 0.05) is 18.9 Å². The van der Waals surface area contributed by atoms with Crippen molar-refractivity contribution in [2.75, 3.05) is 13.2 Å². The maximum absolute atomic E-state index is 11.5. The first-order valence-corrected chi connectivity index (χ1v) is 4.56. The predicted molar refractivity (Wildman–Crippen MR) is 52.7 cm³/mol. The number of hydrogen-bond acceptors (Lipinski definition) is 4. The van der Waals surface area contributed by atoms with Crippen LogP contribution in [0.5, 0.6) is 0 Å². The molecular formula is C10H14N2O2. The molecule has 0 radical (unpaired) electrons. The molecule has 76 valence electrons. The Morgan fingerprint density at radius 1 is 1.57 bits per heavy atom. The lowest BCUT2D eigenvalue weighted by molar-refractivity contribution is -0.144. The second kappa shape index (κ2) is 5.34. The Hall–Kier alpha value is -1.42. The summed E-state index contributed by atoms with van der Waals surface area (Å²) in [7, 11) is 0. The quantitative estimate of drug-likeness (QED) is 0.716.